The number of aliphatic imine (C=N–C) groups is 1. The first-order valence-electron chi connectivity index (χ1n) is 11.2. The molecule has 1 aromatic rings. The maximum atomic E-state index is 13.0. The van der Waals surface area contributed by atoms with Crippen molar-refractivity contribution in [3.63, 3.8) is 0 Å². The summed E-state index contributed by atoms with van der Waals surface area (Å²) < 4.78 is 0. The predicted octanol–water partition coefficient (Wildman–Crippen LogP) is 1.52. The first-order valence-corrected chi connectivity index (χ1v) is 11.2. The Morgan fingerprint density at radius 1 is 1.00 bits per heavy atom. The molecule has 0 spiro atoms. The van der Waals surface area contributed by atoms with Crippen LogP contribution in [0.4, 0.5) is 0 Å². The van der Waals surface area contributed by atoms with Gasteiger partial charge in [-0.2, -0.15) is 0 Å². The highest BCUT2D eigenvalue weighted by molar-refractivity contribution is 5.92. The van der Waals surface area contributed by atoms with Gasteiger partial charge in [0, 0.05) is 26.3 Å². The number of benzene rings is 1. The molecular weight excluding hydrogens is 410 g/mol. The van der Waals surface area contributed by atoms with Crippen molar-refractivity contribution in [1.82, 2.24) is 10.6 Å². The molecule has 32 heavy (non-hydrogen) atoms. The van der Waals surface area contributed by atoms with E-state index in [2.05, 4.69) is 22.5 Å². The number of carbonyl (C=O) groups excluding carboxylic acids is 3. The number of hydrogen-bond donors (Lipinski definition) is 5. The number of nitrogens with zero attached hydrogens (tertiary/aromatic N) is 1. The van der Waals surface area contributed by atoms with Crippen LogP contribution < -0.4 is 22.1 Å². The Morgan fingerprint density at radius 3 is 2.28 bits per heavy atom. The summed E-state index contributed by atoms with van der Waals surface area (Å²) in [6.07, 6.45) is 5.43. The zero-order chi connectivity index (χ0) is 23.9. The third kappa shape index (κ3) is 11.3. The van der Waals surface area contributed by atoms with Crippen LogP contribution in [0.3, 0.4) is 0 Å². The van der Waals surface area contributed by atoms with Gasteiger partial charge in [0.2, 0.25) is 11.8 Å². The van der Waals surface area contributed by atoms with Gasteiger partial charge in [0.15, 0.2) is 11.7 Å². The molecule has 0 fully saturated rings. The largest absolute Gasteiger partial charge is 0.508 e. The van der Waals surface area contributed by atoms with Gasteiger partial charge in [0.25, 0.3) is 0 Å². The molecule has 7 N–H and O–H groups in total. The highest BCUT2D eigenvalue weighted by Gasteiger charge is 2.26. The third-order valence-electron chi connectivity index (χ3n) is 5.00. The highest BCUT2D eigenvalue weighted by Crippen LogP contribution is 2.13. The number of nitrogens with one attached hydrogen (secondary N) is 2. The highest BCUT2D eigenvalue weighted by atomic mass is 16.3. The van der Waals surface area contributed by atoms with Crippen LogP contribution in [0.5, 0.6) is 5.75 Å². The van der Waals surface area contributed by atoms with Crippen molar-refractivity contribution in [2.45, 2.75) is 77.3 Å². The number of Topliss-reactive ketones (excluding diaryl/α,β-unsaturated/α-hetero) is 1. The van der Waals surface area contributed by atoms with Crippen LogP contribution in [0.15, 0.2) is 29.3 Å². The summed E-state index contributed by atoms with van der Waals surface area (Å²) in [7, 11) is 0. The minimum atomic E-state index is -0.842. The summed E-state index contributed by atoms with van der Waals surface area (Å²) in [6.45, 7) is 3.80. The van der Waals surface area contributed by atoms with Crippen LogP contribution in [0.1, 0.15) is 64.4 Å². The lowest BCUT2D eigenvalue weighted by Gasteiger charge is -2.23. The number of hydrogen-bond acceptors (Lipinski definition) is 5. The first-order chi connectivity index (χ1) is 15.2. The quantitative estimate of drug-likeness (QED) is 0.156. The summed E-state index contributed by atoms with van der Waals surface area (Å²) in [5.74, 6) is -0.716. The van der Waals surface area contributed by atoms with Gasteiger partial charge in [0.1, 0.15) is 11.8 Å². The van der Waals surface area contributed by atoms with Crippen LogP contribution in [0.2, 0.25) is 0 Å². The molecule has 9 heteroatoms. The molecule has 1 aromatic carbocycles. The van der Waals surface area contributed by atoms with Crippen molar-refractivity contribution < 1.29 is 19.5 Å². The number of aromatic hydroxyl groups is 1. The maximum Gasteiger partial charge on any atom is 0.243 e. The molecular formula is C23H37N5O4. The summed E-state index contributed by atoms with van der Waals surface area (Å²) in [5.41, 5.74) is 11.5. The second kappa shape index (κ2) is 14.8. The van der Waals surface area contributed by atoms with Crippen molar-refractivity contribution >= 4 is 23.6 Å². The zero-order valence-corrected chi connectivity index (χ0v) is 19.1. The average molecular weight is 448 g/mol. The fraction of sp³-hybridized carbons (Fsp3) is 0.565. The molecule has 1 rings (SSSR count). The molecule has 0 aromatic heterocycles. The Balaban J connectivity index is 2.85. The lowest BCUT2D eigenvalue weighted by atomic mass is 9.99. The van der Waals surface area contributed by atoms with Crippen molar-refractivity contribution in [3.05, 3.63) is 29.8 Å². The summed E-state index contributed by atoms with van der Waals surface area (Å²) >= 11 is 0. The van der Waals surface area contributed by atoms with Gasteiger partial charge in [-0.25, -0.2) is 0 Å². The van der Waals surface area contributed by atoms with Gasteiger partial charge in [-0.05, 0) is 37.0 Å². The Labute approximate surface area is 190 Å². The van der Waals surface area contributed by atoms with Crippen LogP contribution in [0, 0.1) is 0 Å². The second-order valence-electron chi connectivity index (χ2n) is 7.91. The van der Waals surface area contributed by atoms with E-state index < -0.39 is 18.0 Å². The molecule has 0 saturated heterocycles. The number of phenols is 1. The molecule has 0 aliphatic rings. The van der Waals surface area contributed by atoms with E-state index >= 15 is 0 Å². The lowest BCUT2D eigenvalue weighted by molar-refractivity contribution is -0.131. The van der Waals surface area contributed by atoms with Crippen molar-refractivity contribution in [2.24, 2.45) is 16.5 Å². The van der Waals surface area contributed by atoms with E-state index in [4.69, 9.17) is 11.5 Å². The van der Waals surface area contributed by atoms with E-state index in [1.165, 1.54) is 19.1 Å². The van der Waals surface area contributed by atoms with Gasteiger partial charge in [-0.3, -0.25) is 19.4 Å². The topological polar surface area (TPSA) is 160 Å². The van der Waals surface area contributed by atoms with E-state index in [0.717, 1.165) is 31.2 Å². The molecule has 0 saturated carbocycles. The van der Waals surface area contributed by atoms with Gasteiger partial charge >= 0.3 is 0 Å². The van der Waals surface area contributed by atoms with Crippen molar-refractivity contribution in [3.8, 4) is 5.75 Å². The fourth-order valence-electron chi connectivity index (χ4n) is 3.31. The van der Waals surface area contributed by atoms with Crippen molar-refractivity contribution in [2.75, 3.05) is 6.54 Å². The molecule has 178 valence electrons. The van der Waals surface area contributed by atoms with E-state index in [1.807, 2.05) is 0 Å². The van der Waals surface area contributed by atoms with Crippen LogP contribution >= 0.6 is 0 Å². The van der Waals surface area contributed by atoms with Crippen LogP contribution in [0.25, 0.3) is 0 Å². The van der Waals surface area contributed by atoms with Crippen LogP contribution in [-0.2, 0) is 20.8 Å². The normalized spacial score (nSPS) is 12.4. The third-order valence-corrected chi connectivity index (χ3v) is 5.00. The number of phenolic OH excluding ortho intramolecular Hbond substituents is 1. The minimum absolute atomic E-state index is 0.0175. The first kappa shape index (κ1) is 26.9. The summed E-state index contributed by atoms with van der Waals surface area (Å²) in [6, 6.07) is 4.89. The molecule has 2 amide bonds. The van der Waals surface area contributed by atoms with Gasteiger partial charge in [-0.15, -0.1) is 0 Å². The minimum Gasteiger partial charge on any atom is -0.508 e. The molecule has 0 aliphatic heterocycles. The van der Waals surface area contributed by atoms with Crippen molar-refractivity contribution in [1.29, 1.82) is 0 Å². The number of amides is 2. The SMILES string of the molecule is CCCCCCC(=O)[C@H](CCCN=C(N)N)NC(=O)[C@H](Cc1ccc(O)cc1)NC(C)=O. The van der Waals surface area contributed by atoms with Gasteiger partial charge < -0.3 is 27.2 Å². The Kier molecular flexibility index (Phi) is 12.5. The Morgan fingerprint density at radius 2 is 1.69 bits per heavy atom. The molecule has 0 bridgehead atoms. The molecule has 0 heterocycles. The standard InChI is InChI=1S/C23H37N5O4/c1-3-4-5-6-9-21(31)19(8-7-14-26-23(24)25)28-22(32)20(27-16(2)29)15-17-10-12-18(30)13-11-17/h10-13,19-20,30H,3-9,14-15H2,1-2H3,(H,27,29)(H,28,32)(H4,24,25,26)/t19-,20-/m0/s1. The molecule has 2 atom stereocenters. The maximum absolute atomic E-state index is 13.0. The molecule has 0 unspecified atom stereocenters. The van der Waals surface area contributed by atoms with Crippen LogP contribution in [-0.4, -0.2) is 47.3 Å². The average Bonchev–Trinajstić information content (AvgIpc) is 2.73. The molecule has 0 aliphatic carbocycles. The van der Waals surface area contributed by atoms with Gasteiger partial charge in [0.05, 0.1) is 6.04 Å². The van der Waals surface area contributed by atoms with Gasteiger partial charge in [-0.1, -0.05) is 38.3 Å². The molecule has 9 nitrogen and oxygen atoms in total. The summed E-state index contributed by atoms with van der Waals surface area (Å²) in [5, 5.41) is 14.9. The zero-order valence-electron chi connectivity index (χ0n) is 19.1. The number of guanidine groups is 1. The van der Waals surface area contributed by atoms with E-state index in [1.54, 1.807) is 12.1 Å². The summed E-state index contributed by atoms with van der Waals surface area (Å²) in [4.78, 5) is 41.4. The Bertz CT molecular complexity index is 760. The fourth-order valence-corrected chi connectivity index (χ4v) is 3.31. The van der Waals surface area contributed by atoms with E-state index in [-0.39, 0.29) is 29.8 Å². The second-order valence-corrected chi connectivity index (χ2v) is 7.91. The molecule has 0 radical (unpaired) electrons. The predicted molar refractivity (Wildman–Crippen MR) is 125 cm³/mol. The van der Waals surface area contributed by atoms with E-state index in [9.17, 15) is 19.5 Å². The monoisotopic (exact) mass is 447 g/mol. The number of rotatable bonds is 15. The lowest BCUT2D eigenvalue weighted by Crippen LogP contribution is -2.52. The number of carbonyl (C=O) groups is 3. The smallest absolute Gasteiger partial charge is 0.243 e. The van der Waals surface area contributed by atoms with E-state index in [0.29, 0.717) is 25.8 Å². The Hall–Kier alpha value is -3.10. The number of nitrogens with two attached hydrogens (primary N) is 2. The number of ketones is 1. The number of unbranched alkanes of at least 4 members (excludes halogenated alkanes) is 3.